The molecule has 2 saturated heterocycles. The lowest BCUT2D eigenvalue weighted by atomic mass is 10.1. The van der Waals surface area contributed by atoms with Crippen molar-refractivity contribution >= 4 is 37.8 Å². The molecule has 0 saturated carbocycles. The van der Waals surface area contributed by atoms with Crippen molar-refractivity contribution in [1.29, 1.82) is 0 Å². The fourth-order valence-electron chi connectivity index (χ4n) is 4.01. The van der Waals surface area contributed by atoms with Crippen LogP contribution in [0.25, 0.3) is 10.9 Å². The van der Waals surface area contributed by atoms with Crippen LogP contribution in [0.1, 0.15) is 24.8 Å². The van der Waals surface area contributed by atoms with Gasteiger partial charge in [0.2, 0.25) is 0 Å². The number of benzene rings is 2. The van der Waals surface area contributed by atoms with E-state index in [2.05, 4.69) is 19.6 Å². The van der Waals surface area contributed by atoms with Crippen molar-refractivity contribution in [3.05, 3.63) is 48.0 Å². The van der Waals surface area contributed by atoms with Gasteiger partial charge < -0.3 is 19.9 Å². The van der Waals surface area contributed by atoms with Gasteiger partial charge in [0.05, 0.1) is 33.2 Å². The average Bonchev–Trinajstić information content (AvgIpc) is 2.76. The van der Waals surface area contributed by atoms with Crippen LogP contribution in [0.4, 0.5) is 21.6 Å². The maximum atomic E-state index is 14.0. The van der Waals surface area contributed by atoms with E-state index >= 15 is 0 Å². The summed E-state index contributed by atoms with van der Waals surface area (Å²) in [7, 11) is -2.13. The van der Waals surface area contributed by atoms with Gasteiger partial charge in [0.25, 0.3) is 0 Å². The summed E-state index contributed by atoms with van der Waals surface area (Å²) in [5.41, 5.74) is 2.76. The highest BCUT2D eigenvalue weighted by Crippen LogP contribution is 2.35. The van der Waals surface area contributed by atoms with Crippen molar-refractivity contribution in [2.24, 2.45) is 4.36 Å². The number of halogens is 1. The largest absolute Gasteiger partial charge is 0.486 e. The topological polar surface area (TPSA) is 106 Å². The third-order valence-corrected chi connectivity index (χ3v) is 8.22. The maximum absolute atomic E-state index is 14.0. The molecule has 10 heteroatoms. The van der Waals surface area contributed by atoms with Gasteiger partial charge in [-0.25, -0.2) is 18.6 Å². The summed E-state index contributed by atoms with van der Waals surface area (Å²) in [4.78, 5) is 8.78. The smallest absolute Gasteiger partial charge is 0.154 e. The summed E-state index contributed by atoms with van der Waals surface area (Å²) in [5, 5.41) is 13.6. The summed E-state index contributed by atoms with van der Waals surface area (Å²) in [6.07, 6.45) is 2.36. The standard InChI is InChI=1S/C23H25FN4O4S/c1-14-9-16(28-33(30)7-2-8-33)11-19-22(14)23(26-13-25-19)27-18-5-3-15(24)10-20(18)32-17-4-6-21(29)31-12-17/h3,5,9-11,13,17,21,29H,2,4,6-8,12H2,1H3,(H,25,26,27). The number of aliphatic hydroxyl groups excluding tert-OH is 1. The highest BCUT2D eigenvalue weighted by atomic mass is 32.2. The Morgan fingerprint density at radius 1 is 1.24 bits per heavy atom. The predicted octanol–water partition coefficient (Wildman–Crippen LogP) is 4.20. The molecule has 2 fully saturated rings. The first-order valence-electron chi connectivity index (χ1n) is 10.9. The third kappa shape index (κ3) is 4.78. The molecule has 0 radical (unpaired) electrons. The van der Waals surface area contributed by atoms with Crippen molar-refractivity contribution in [2.45, 2.75) is 38.6 Å². The SMILES string of the molecule is Cc1cc(N=S2(=O)CCC2)cc2ncnc(Nc3ccc(F)cc3OC3CCC(O)OC3)c12. The third-order valence-electron chi connectivity index (χ3n) is 5.82. The van der Waals surface area contributed by atoms with Crippen LogP contribution in [-0.2, 0) is 14.5 Å². The van der Waals surface area contributed by atoms with Gasteiger partial charge in [0, 0.05) is 29.4 Å². The van der Waals surface area contributed by atoms with Gasteiger partial charge in [-0.05, 0) is 49.6 Å². The number of rotatable bonds is 5. The van der Waals surface area contributed by atoms with E-state index in [-0.39, 0.29) is 12.7 Å². The molecule has 33 heavy (non-hydrogen) atoms. The highest BCUT2D eigenvalue weighted by Gasteiger charge is 2.23. The normalized spacial score (nSPS) is 21.9. The molecule has 174 valence electrons. The number of nitrogens with zero attached hydrogens (tertiary/aromatic N) is 3. The van der Waals surface area contributed by atoms with Crippen molar-refractivity contribution in [1.82, 2.24) is 9.97 Å². The van der Waals surface area contributed by atoms with Crippen LogP contribution in [0, 0.1) is 12.7 Å². The maximum Gasteiger partial charge on any atom is 0.154 e. The Labute approximate surface area is 191 Å². The molecule has 2 atom stereocenters. The Kier molecular flexibility index (Phi) is 5.90. The van der Waals surface area contributed by atoms with Gasteiger partial charge in [-0.2, -0.15) is 4.36 Å². The molecule has 0 amide bonds. The number of aromatic nitrogens is 2. The minimum Gasteiger partial charge on any atom is -0.486 e. The van der Waals surface area contributed by atoms with E-state index in [1.165, 1.54) is 18.5 Å². The van der Waals surface area contributed by atoms with Crippen LogP contribution >= 0.6 is 0 Å². The fraction of sp³-hybridized carbons (Fsp3) is 0.391. The Morgan fingerprint density at radius 3 is 2.82 bits per heavy atom. The molecule has 3 heterocycles. The molecular formula is C23H25FN4O4S. The second kappa shape index (κ2) is 8.85. The van der Waals surface area contributed by atoms with Crippen LogP contribution in [0.5, 0.6) is 5.75 Å². The van der Waals surface area contributed by atoms with Gasteiger partial charge in [-0.1, -0.05) is 0 Å². The molecule has 1 aromatic heterocycles. The van der Waals surface area contributed by atoms with Gasteiger partial charge >= 0.3 is 0 Å². The second-order valence-corrected chi connectivity index (χ2v) is 10.9. The van der Waals surface area contributed by atoms with Crippen LogP contribution in [0.3, 0.4) is 0 Å². The Morgan fingerprint density at radius 2 is 2.09 bits per heavy atom. The summed E-state index contributed by atoms with van der Waals surface area (Å²) in [5.74, 6) is 1.73. The summed E-state index contributed by atoms with van der Waals surface area (Å²) < 4.78 is 42.2. The molecule has 0 spiro atoms. The van der Waals surface area contributed by atoms with Crippen molar-refractivity contribution in [3.8, 4) is 5.75 Å². The molecule has 2 aliphatic heterocycles. The summed E-state index contributed by atoms with van der Waals surface area (Å²) in [6, 6.07) is 7.95. The monoisotopic (exact) mass is 472 g/mol. The van der Waals surface area contributed by atoms with E-state index in [1.54, 1.807) is 6.07 Å². The lowest BCUT2D eigenvalue weighted by Crippen LogP contribution is -2.33. The van der Waals surface area contributed by atoms with E-state index in [9.17, 15) is 13.7 Å². The number of fused-ring (bicyclic) bond motifs is 1. The lowest BCUT2D eigenvalue weighted by Gasteiger charge is -2.27. The van der Waals surface area contributed by atoms with Gasteiger partial charge in [0.15, 0.2) is 6.29 Å². The van der Waals surface area contributed by atoms with Crippen molar-refractivity contribution < 1.29 is 23.2 Å². The first kappa shape index (κ1) is 22.0. The zero-order valence-corrected chi connectivity index (χ0v) is 19.0. The number of hydrogen-bond acceptors (Lipinski definition) is 8. The van der Waals surface area contributed by atoms with Gasteiger partial charge in [-0.3, -0.25) is 0 Å². The van der Waals surface area contributed by atoms with E-state index in [0.717, 1.165) is 17.4 Å². The van der Waals surface area contributed by atoms with E-state index in [4.69, 9.17) is 9.47 Å². The van der Waals surface area contributed by atoms with E-state index in [1.807, 2.05) is 19.1 Å². The lowest BCUT2D eigenvalue weighted by molar-refractivity contribution is -0.151. The number of ether oxygens (including phenoxy) is 2. The second-order valence-electron chi connectivity index (χ2n) is 8.38. The quantitative estimate of drug-likeness (QED) is 0.573. The summed E-state index contributed by atoms with van der Waals surface area (Å²) in [6.45, 7) is 2.15. The van der Waals surface area contributed by atoms with Gasteiger partial charge in [-0.15, -0.1) is 0 Å². The molecule has 2 N–H and O–H groups in total. The van der Waals surface area contributed by atoms with Crippen LogP contribution in [0.15, 0.2) is 41.0 Å². The first-order valence-corrected chi connectivity index (χ1v) is 12.7. The van der Waals surface area contributed by atoms with E-state index < -0.39 is 21.8 Å². The number of aliphatic hydroxyl groups is 1. The highest BCUT2D eigenvalue weighted by molar-refractivity contribution is 7.95. The predicted molar refractivity (Wildman–Crippen MR) is 124 cm³/mol. The van der Waals surface area contributed by atoms with Crippen LogP contribution in [-0.4, -0.2) is 49.8 Å². The molecular weight excluding hydrogens is 447 g/mol. The molecule has 0 aliphatic carbocycles. The van der Waals surface area contributed by atoms with Crippen molar-refractivity contribution in [2.75, 3.05) is 23.4 Å². The minimum absolute atomic E-state index is 0.224. The number of anilines is 2. The summed E-state index contributed by atoms with van der Waals surface area (Å²) >= 11 is 0. The van der Waals surface area contributed by atoms with E-state index in [0.29, 0.717) is 52.8 Å². The molecule has 3 aromatic rings. The first-order chi connectivity index (χ1) is 15.9. The van der Waals surface area contributed by atoms with Crippen molar-refractivity contribution in [3.63, 3.8) is 0 Å². The Hall–Kier alpha value is -2.82. The van der Waals surface area contributed by atoms with Gasteiger partial charge in [0.1, 0.15) is 29.8 Å². The number of nitrogens with one attached hydrogen (secondary N) is 1. The molecule has 0 bridgehead atoms. The zero-order valence-electron chi connectivity index (χ0n) is 18.2. The minimum atomic E-state index is -2.13. The number of aryl methyl sites for hydroxylation is 1. The number of hydrogen-bond donors (Lipinski definition) is 2. The zero-order chi connectivity index (χ0) is 23.0. The average molecular weight is 473 g/mol. The molecule has 2 aliphatic rings. The molecule has 2 aromatic carbocycles. The van der Waals surface area contributed by atoms with Crippen LogP contribution in [0.2, 0.25) is 0 Å². The molecule has 5 rings (SSSR count). The Bertz CT molecular complexity index is 1310. The van der Waals surface area contributed by atoms with Crippen LogP contribution < -0.4 is 10.1 Å². The Balaban J connectivity index is 1.47. The molecule has 2 unspecified atom stereocenters. The fourth-order valence-corrected chi connectivity index (χ4v) is 5.46. The molecule has 8 nitrogen and oxygen atoms in total.